The maximum Gasteiger partial charge on any atom is 0.265 e. The summed E-state index contributed by atoms with van der Waals surface area (Å²) in [7, 11) is 1.34. The summed E-state index contributed by atoms with van der Waals surface area (Å²) in [5.41, 5.74) is 0.331. The van der Waals surface area contributed by atoms with Crippen molar-refractivity contribution in [2.75, 3.05) is 11.9 Å². The van der Waals surface area contributed by atoms with Crippen LogP contribution < -0.4 is 10.1 Å². The Morgan fingerprint density at radius 2 is 2.19 bits per heavy atom. The molecule has 1 rings (SSSR count). The number of nitrogens with one attached hydrogen (secondary N) is 1. The van der Waals surface area contributed by atoms with E-state index in [9.17, 15) is 13.2 Å². The molecule has 5 nitrogen and oxygen atoms in total. The van der Waals surface area contributed by atoms with Gasteiger partial charge in [0, 0.05) is 16.4 Å². The van der Waals surface area contributed by atoms with Gasteiger partial charge in [0.05, 0.1) is 6.61 Å². The van der Waals surface area contributed by atoms with Gasteiger partial charge in [0.25, 0.3) is 9.05 Å². The lowest BCUT2D eigenvalue weighted by molar-refractivity contribution is -0.105. The van der Waals surface area contributed by atoms with E-state index in [2.05, 4.69) is 5.32 Å². The standard InChI is InChI=1S/C9H10ClNO4S/c1-2-15-8-4-3-7(11-6-12)5-9(8)16(10,13)14/h3-6H,2H2,1H3,(H,11,12). The summed E-state index contributed by atoms with van der Waals surface area (Å²) in [6.07, 6.45) is 0.445. The predicted octanol–water partition coefficient (Wildman–Crippen LogP) is 1.58. The van der Waals surface area contributed by atoms with Crippen molar-refractivity contribution in [1.82, 2.24) is 0 Å². The molecule has 0 heterocycles. The van der Waals surface area contributed by atoms with E-state index in [1.54, 1.807) is 6.92 Å². The number of rotatable bonds is 5. The summed E-state index contributed by atoms with van der Waals surface area (Å²) in [6, 6.07) is 4.19. The number of halogens is 1. The van der Waals surface area contributed by atoms with Gasteiger partial charge in [-0.1, -0.05) is 0 Å². The summed E-state index contributed by atoms with van der Waals surface area (Å²) < 4.78 is 27.6. The first-order valence-corrected chi connectivity index (χ1v) is 6.71. The molecule has 0 aliphatic carbocycles. The van der Waals surface area contributed by atoms with Gasteiger partial charge in [-0.2, -0.15) is 0 Å². The first kappa shape index (κ1) is 12.8. The van der Waals surface area contributed by atoms with Crippen molar-refractivity contribution in [3.05, 3.63) is 18.2 Å². The van der Waals surface area contributed by atoms with E-state index in [4.69, 9.17) is 15.4 Å². The highest BCUT2D eigenvalue weighted by Crippen LogP contribution is 2.29. The Kier molecular flexibility index (Phi) is 4.14. The Labute approximate surface area is 97.8 Å². The van der Waals surface area contributed by atoms with Gasteiger partial charge in [0.2, 0.25) is 6.41 Å². The molecule has 0 saturated heterocycles. The van der Waals surface area contributed by atoms with Gasteiger partial charge in [0.1, 0.15) is 10.6 Å². The zero-order chi connectivity index (χ0) is 12.2. The third-order valence-corrected chi connectivity index (χ3v) is 3.07. The molecule has 0 saturated carbocycles. The molecule has 1 N–H and O–H groups in total. The lowest BCUT2D eigenvalue weighted by Gasteiger charge is -2.09. The van der Waals surface area contributed by atoms with E-state index in [1.807, 2.05) is 0 Å². The zero-order valence-electron chi connectivity index (χ0n) is 8.44. The molecule has 7 heteroatoms. The summed E-state index contributed by atoms with van der Waals surface area (Å²) >= 11 is 0. The number of anilines is 1. The molecular weight excluding hydrogens is 254 g/mol. The highest BCUT2D eigenvalue weighted by atomic mass is 35.7. The van der Waals surface area contributed by atoms with Crippen molar-refractivity contribution in [2.45, 2.75) is 11.8 Å². The Morgan fingerprint density at radius 1 is 1.50 bits per heavy atom. The first-order valence-electron chi connectivity index (χ1n) is 4.40. The van der Waals surface area contributed by atoms with E-state index in [1.165, 1.54) is 18.2 Å². The topological polar surface area (TPSA) is 72.5 Å². The highest BCUT2D eigenvalue weighted by Gasteiger charge is 2.17. The number of carbonyl (C=O) groups excluding carboxylic acids is 1. The Hall–Kier alpha value is -1.27. The zero-order valence-corrected chi connectivity index (χ0v) is 10.0. The van der Waals surface area contributed by atoms with Crippen molar-refractivity contribution in [3.63, 3.8) is 0 Å². The van der Waals surface area contributed by atoms with Gasteiger partial charge in [-0.15, -0.1) is 0 Å². The van der Waals surface area contributed by atoms with Crippen molar-refractivity contribution in [2.24, 2.45) is 0 Å². The van der Waals surface area contributed by atoms with Crippen LogP contribution in [-0.2, 0) is 13.8 Å². The second-order valence-corrected chi connectivity index (χ2v) is 5.33. The lowest BCUT2D eigenvalue weighted by Crippen LogP contribution is -2.01. The summed E-state index contributed by atoms with van der Waals surface area (Å²) in [5.74, 6) is 0.161. The molecule has 0 aliphatic heterocycles. The summed E-state index contributed by atoms with van der Waals surface area (Å²) in [4.78, 5) is 10.1. The van der Waals surface area contributed by atoms with Gasteiger partial charge in [-0.25, -0.2) is 8.42 Å². The molecule has 1 aromatic rings. The molecule has 0 bridgehead atoms. The van der Waals surface area contributed by atoms with Crippen LogP contribution in [0.3, 0.4) is 0 Å². The molecule has 0 atom stereocenters. The molecule has 1 aromatic carbocycles. The van der Waals surface area contributed by atoms with Gasteiger partial charge in [0.15, 0.2) is 0 Å². The fourth-order valence-corrected chi connectivity index (χ4v) is 2.13. The second-order valence-electron chi connectivity index (χ2n) is 2.79. The molecule has 0 radical (unpaired) electrons. The van der Waals surface area contributed by atoms with Crippen LogP contribution in [0.15, 0.2) is 23.1 Å². The van der Waals surface area contributed by atoms with E-state index in [0.29, 0.717) is 18.7 Å². The molecule has 0 fully saturated rings. The maximum absolute atomic E-state index is 11.3. The van der Waals surface area contributed by atoms with Crippen LogP contribution in [0.4, 0.5) is 5.69 Å². The third-order valence-electron chi connectivity index (χ3n) is 1.73. The van der Waals surface area contributed by atoms with Crippen LogP contribution in [0.2, 0.25) is 0 Å². The monoisotopic (exact) mass is 263 g/mol. The van der Waals surface area contributed by atoms with Crippen LogP contribution in [0, 0.1) is 0 Å². The lowest BCUT2D eigenvalue weighted by atomic mass is 10.3. The summed E-state index contributed by atoms with van der Waals surface area (Å²) in [5, 5.41) is 2.33. The van der Waals surface area contributed by atoms with E-state index in [-0.39, 0.29) is 10.6 Å². The minimum atomic E-state index is -3.91. The van der Waals surface area contributed by atoms with Gasteiger partial charge >= 0.3 is 0 Å². The smallest absolute Gasteiger partial charge is 0.265 e. The fraction of sp³-hybridized carbons (Fsp3) is 0.222. The van der Waals surface area contributed by atoms with Crippen LogP contribution in [0.5, 0.6) is 5.75 Å². The van der Waals surface area contributed by atoms with Crippen molar-refractivity contribution >= 4 is 31.8 Å². The number of ether oxygens (including phenoxy) is 1. The van der Waals surface area contributed by atoms with Crippen molar-refractivity contribution in [3.8, 4) is 5.75 Å². The van der Waals surface area contributed by atoms with Gasteiger partial charge < -0.3 is 10.1 Å². The minimum Gasteiger partial charge on any atom is -0.492 e. The fourth-order valence-electron chi connectivity index (χ4n) is 1.13. The number of hydrogen-bond acceptors (Lipinski definition) is 4. The average molecular weight is 264 g/mol. The number of benzene rings is 1. The number of hydrogen-bond donors (Lipinski definition) is 1. The van der Waals surface area contributed by atoms with Crippen molar-refractivity contribution in [1.29, 1.82) is 0 Å². The molecule has 0 aromatic heterocycles. The molecule has 0 unspecified atom stereocenters. The predicted molar refractivity (Wildman–Crippen MR) is 60.3 cm³/mol. The van der Waals surface area contributed by atoms with E-state index < -0.39 is 9.05 Å². The Balaban J connectivity index is 3.26. The maximum atomic E-state index is 11.3. The summed E-state index contributed by atoms with van der Waals surface area (Å²) in [6.45, 7) is 2.04. The van der Waals surface area contributed by atoms with E-state index in [0.717, 1.165) is 0 Å². The SMILES string of the molecule is CCOc1ccc(NC=O)cc1S(=O)(=O)Cl. The number of carbonyl (C=O) groups is 1. The average Bonchev–Trinajstić information content (AvgIpc) is 2.19. The molecule has 0 aliphatic rings. The number of amides is 1. The van der Waals surface area contributed by atoms with Gasteiger partial charge in [-0.3, -0.25) is 4.79 Å². The quantitative estimate of drug-likeness (QED) is 0.647. The van der Waals surface area contributed by atoms with Crippen LogP contribution in [-0.4, -0.2) is 21.4 Å². The van der Waals surface area contributed by atoms with Crippen LogP contribution >= 0.6 is 10.7 Å². The highest BCUT2D eigenvalue weighted by molar-refractivity contribution is 8.13. The largest absolute Gasteiger partial charge is 0.492 e. The molecule has 1 amide bonds. The Bertz CT molecular complexity index is 486. The van der Waals surface area contributed by atoms with Crippen molar-refractivity contribution < 1.29 is 17.9 Å². The first-order chi connectivity index (χ1) is 7.49. The molecule has 16 heavy (non-hydrogen) atoms. The van der Waals surface area contributed by atoms with Crippen LogP contribution in [0.25, 0.3) is 0 Å². The normalized spacial score (nSPS) is 10.9. The molecule has 88 valence electrons. The minimum absolute atomic E-state index is 0.161. The Morgan fingerprint density at radius 3 is 2.69 bits per heavy atom. The third kappa shape index (κ3) is 3.11. The second kappa shape index (κ2) is 5.18. The van der Waals surface area contributed by atoms with Gasteiger partial charge in [-0.05, 0) is 25.1 Å². The molecule has 0 spiro atoms. The van der Waals surface area contributed by atoms with E-state index >= 15 is 0 Å². The molecular formula is C9H10ClNO4S. The van der Waals surface area contributed by atoms with Crippen LogP contribution in [0.1, 0.15) is 6.92 Å².